The maximum atomic E-state index is 10.7. The molecule has 0 radical (unpaired) electrons. The summed E-state index contributed by atoms with van der Waals surface area (Å²) in [5.74, 6) is -0.140. The Bertz CT molecular complexity index is 374. The van der Waals surface area contributed by atoms with E-state index in [9.17, 15) is 9.59 Å². The minimum absolute atomic E-state index is 0.267. The summed E-state index contributed by atoms with van der Waals surface area (Å²) < 4.78 is 0. The standard InChI is InChI=1S/C4HN3O2S/c8-3-1-2(6-7-3)5-4(9)10-1/h(H,5,9). The molecule has 0 saturated carbocycles. The lowest BCUT2D eigenvalue weighted by Gasteiger charge is -1.72. The molecule has 0 bridgehead atoms. The maximum absolute atomic E-state index is 10.7. The Labute approximate surface area is 58.4 Å². The monoisotopic (exact) mass is 155 g/mol. The Morgan fingerprint density at radius 1 is 1.30 bits per heavy atom. The third kappa shape index (κ3) is 0.561. The van der Waals surface area contributed by atoms with Gasteiger partial charge in [-0.25, -0.2) is 0 Å². The minimum atomic E-state index is -0.432. The fourth-order valence-corrected chi connectivity index (χ4v) is 1.33. The summed E-state index contributed by atoms with van der Waals surface area (Å²) in [5.41, 5.74) is 0. The normalized spacial score (nSPS) is 14.2. The van der Waals surface area contributed by atoms with E-state index >= 15 is 0 Å². The van der Waals surface area contributed by atoms with Crippen LogP contribution in [0.4, 0.5) is 5.82 Å². The number of thiazole rings is 1. The molecule has 0 atom stereocenters. The smallest absolute Gasteiger partial charge is 0.295 e. The molecule has 0 aromatic carbocycles. The van der Waals surface area contributed by atoms with Crippen molar-refractivity contribution in [2.75, 3.05) is 0 Å². The Morgan fingerprint density at radius 2 is 2.10 bits per heavy atom. The number of nitrogens with zero attached hydrogens (tertiary/aromatic N) is 2. The van der Waals surface area contributed by atoms with E-state index in [1.54, 1.807) is 0 Å². The molecule has 50 valence electrons. The van der Waals surface area contributed by atoms with Crippen molar-refractivity contribution in [1.82, 2.24) is 4.98 Å². The zero-order valence-corrected chi connectivity index (χ0v) is 5.44. The molecule has 5 nitrogen and oxygen atoms in total. The predicted octanol–water partition coefficient (Wildman–Crippen LogP) is 0.674. The summed E-state index contributed by atoms with van der Waals surface area (Å²) in [4.78, 5) is 23.6. The topological polar surface area (TPSA) is 74.7 Å². The minimum Gasteiger partial charge on any atom is -0.295 e. The SMILES string of the molecule is O=C1N=Nc2[nH]c(=O)sc21. The van der Waals surface area contributed by atoms with Crippen molar-refractivity contribution in [3.05, 3.63) is 14.5 Å². The van der Waals surface area contributed by atoms with E-state index in [1.165, 1.54) is 0 Å². The van der Waals surface area contributed by atoms with Crippen LogP contribution in [-0.2, 0) is 0 Å². The van der Waals surface area contributed by atoms with Crippen molar-refractivity contribution >= 4 is 23.1 Å². The van der Waals surface area contributed by atoms with Crippen LogP contribution in [0, 0.1) is 0 Å². The number of aromatic amines is 1. The van der Waals surface area contributed by atoms with E-state index in [4.69, 9.17) is 0 Å². The molecule has 0 unspecified atom stereocenters. The Kier molecular flexibility index (Phi) is 0.877. The highest BCUT2D eigenvalue weighted by molar-refractivity contribution is 7.12. The van der Waals surface area contributed by atoms with Gasteiger partial charge in [-0.2, -0.15) is 0 Å². The molecule has 1 aromatic rings. The highest BCUT2D eigenvalue weighted by atomic mass is 32.1. The Hall–Kier alpha value is -1.30. The third-order valence-corrected chi connectivity index (χ3v) is 1.92. The van der Waals surface area contributed by atoms with Crippen LogP contribution in [0.15, 0.2) is 15.0 Å². The number of azo groups is 1. The van der Waals surface area contributed by atoms with Crippen LogP contribution in [0.5, 0.6) is 0 Å². The highest BCUT2D eigenvalue weighted by Gasteiger charge is 2.20. The van der Waals surface area contributed by atoms with E-state index in [-0.39, 0.29) is 4.87 Å². The van der Waals surface area contributed by atoms with Crippen LogP contribution in [0.25, 0.3) is 0 Å². The molecule has 1 amide bonds. The summed E-state index contributed by atoms with van der Waals surface area (Å²) in [6.07, 6.45) is 0. The molecule has 0 spiro atoms. The van der Waals surface area contributed by atoms with Crippen LogP contribution in [0.3, 0.4) is 0 Å². The summed E-state index contributed by atoms with van der Waals surface area (Å²) in [5, 5.41) is 6.66. The van der Waals surface area contributed by atoms with Crippen molar-refractivity contribution < 1.29 is 4.79 Å². The van der Waals surface area contributed by atoms with Gasteiger partial charge in [0.2, 0.25) is 0 Å². The number of amides is 1. The molecule has 0 fully saturated rings. The van der Waals surface area contributed by atoms with Crippen LogP contribution in [0.2, 0.25) is 0 Å². The Morgan fingerprint density at radius 3 is 2.80 bits per heavy atom. The number of aromatic nitrogens is 1. The fourth-order valence-electron chi connectivity index (χ4n) is 0.676. The number of hydrogen-bond acceptors (Lipinski definition) is 4. The predicted molar refractivity (Wildman–Crippen MR) is 33.8 cm³/mol. The lowest BCUT2D eigenvalue weighted by Crippen LogP contribution is -1.90. The molecule has 2 rings (SSSR count). The summed E-state index contributed by atoms with van der Waals surface area (Å²) >= 11 is 0.837. The van der Waals surface area contributed by atoms with E-state index in [0.29, 0.717) is 10.7 Å². The van der Waals surface area contributed by atoms with Gasteiger partial charge >= 0.3 is 10.8 Å². The van der Waals surface area contributed by atoms with E-state index in [2.05, 4.69) is 15.2 Å². The van der Waals surface area contributed by atoms with Gasteiger partial charge in [-0.15, -0.1) is 10.2 Å². The maximum Gasteiger partial charge on any atom is 0.309 e. The highest BCUT2D eigenvalue weighted by Crippen LogP contribution is 2.25. The van der Waals surface area contributed by atoms with Crippen LogP contribution in [0.1, 0.15) is 9.67 Å². The number of hydrogen-bond donors (Lipinski definition) is 1. The first-order valence-corrected chi connectivity index (χ1v) is 3.28. The molecule has 1 aromatic heterocycles. The lowest BCUT2D eigenvalue weighted by molar-refractivity contribution is 0.101. The third-order valence-electron chi connectivity index (χ3n) is 1.07. The second-order valence-corrected chi connectivity index (χ2v) is 2.68. The van der Waals surface area contributed by atoms with Crippen LogP contribution >= 0.6 is 11.3 Å². The number of carbonyl (C=O) groups excluding carboxylic acids is 1. The molecule has 2 heterocycles. The van der Waals surface area contributed by atoms with E-state index in [0.717, 1.165) is 11.3 Å². The largest absolute Gasteiger partial charge is 0.309 e. The van der Waals surface area contributed by atoms with Crippen LogP contribution in [-0.4, -0.2) is 10.9 Å². The first kappa shape index (κ1) is 5.48. The molecule has 1 aliphatic rings. The van der Waals surface area contributed by atoms with Gasteiger partial charge in [-0.05, 0) is 0 Å². The van der Waals surface area contributed by atoms with Crippen molar-refractivity contribution in [2.45, 2.75) is 0 Å². The summed E-state index contributed by atoms with van der Waals surface area (Å²) in [6.45, 7) is 0. The van der Waals surface area contributed by atoms with Crippen molar-refractivity contribution in [3.63, 3.8) is 0 Å². The molecule has 0 saturated heterocycles. The van der Waals surface area contributed by atoms with Crippen molar-refractivity contribution in [1.29, 1.82) is 0 Å². The first-order valence-electron chi connectivity index (χ1n) is 2.46. The van der Waals surface area contributed by atoms with Gasteiger partial charge in [-0.3, -0.25) is 14.6 Å². The zero-order valence-electron chi connectivity index (χ0n) is 4.62. The average molecular weight is 155 g/mol. The number of nitrogens with one attached hydrogen (secondary N) is 1. The molecule has 1 aliphatic heterocycles. The molecule has 0 aliphatic carbocycles. The average Bonchev–Trinajstić information content (AvgIpc) is 2.35. The van der Waals surface area contributed by atoms with Crippen molar-refractivity contribution in [3.8, 4) is 0 Å². The number of fused-ring (bicyclic) bond motifs is 1. The van der Waals surface area contributed by atoms with Gasteiger partial charge in [0.05, 0.1) is 0 Å². The molecule has 10 heavy (non-hydrogen) atoms. The van der Waals surface area contributed by atoms with Gasteiger partial charge in [0, 0.05) is 0 Å². The number of carbonyl (C=O) groups is 1. The van der Waals surface area contributed by atoms with Gasteiger partial charge < -0.3 is 0 Å². The number of H-pyrrole nitrogens is 1. The summed E-state index contributed by atoms with van der Waals surface area (Å²) in [7, 11) is 0. The lowest BCUT2D eigenvalue weighted by atomic mass is 10.5. The molecule has 6 heteroatoms. The molecular formula is C4HN3O2S. The first-order chi connectivity index (χ1) is 4.77. The Balaban J connectivity index is 2.80. The van der Waals surface area contributed by atoms with Gasteiger partial charge in [0.1, 0.15) is 4.88 Å². The van der Waals surface area contributed by atoms with E-state index in [1.807, 2.05) is 0 Å². The van der Waals surface area contributed by atoms with Gasteiger partial charge in [0.25, 0.3) is 0 Å². The fraction of sp³-hybridized carbons (Fsp3) is 0. The quantitative estimate of drug-likeness (QED) is 0.598. The summed E-state index contributed by atoms with van der Waals surface area (Å²) in [6, 6.07) is 0. The van der Waals surface area contributed by atoms with Gasteiger partial charge in [-0.1, -0.05) is 11.3 Å². The van der Waals surface area contributed by atoms with Crippen molar-refractivity contribution in [2.24, 2.45) is 10.2 Å². The molecular weight excluding hydrogens is 154 g/mol. The second kappa shape index (κ2) is 1.60. The van der Waals surface area contributed by atoms with Gasteiger partial charge in [0.15, 0.2) is 5.82 Å². The zero-order chi connectivity index (χ0) is 7.14. The number of rotatable bonds is 0. The van der Waals surface area contributed by atoms with Crippen LogP contribution < -0.4 is 4.87 Å². The second-order valence-electron chi connectivity index (χ2n) is 1.70. The molecule has 1 N–H and O–H groups in total. The van der Waals surface area contributed by atoms with E-state index < -0.39 is 5.91 Å².